The highest BCUT2D eigenvalue weighted by Gasteiger charge is 2.22. The highest BCUT2D eigenvalue weighted by atomic mass is 32.1. The number of hydrogen-bond acceptors (Lipinski definition) is 6. The van der Waals surface area contributed by atoms with Crippen LogP contribution in [0.25, 0.3) is 4.96 Å². The molecule has 1 aromatic carbocycles. The number of hydrogen-bond donors (Lipinski definition) is 1. The molecule has 4 rings (SSSR count). The zero-order chi connectivity index (χ0) is 19.7. The quantitative estimate of drug-likeness (QED) is 0.727. The van der Waals surface area contributed by atoms with Crippen molar-refractivity contribution in [2.24, 2.45) is 5.92 Å². The summed E-state index contributed by atoms with van der Waals surface area (Å²) in [4.78, 5) is 32.0. The Morgan fingerprint density at radius 3 is 2.89 bits per heavy atom. The highest BCUT2D eigenvalue weighted by Crippen LogP contribution is 2.26. The number of amides is 1. The second-order valence-electron chi connectivity index (χ2n) is 7.06. The van der Waals surface area contributed by atoms with E-state index in [0.29, 0.717) is 10.9 Å². The Morgan fingerprint density at radius 1 is 1.36 bits per heavy atom. The average Bonchev–Trinajstić information content (AvgIpc) is 3.13. The van der Waals surface area contributed by atoms with E-state index < -0.39 is 11.5 Å². The number of anilines is 1. The van der Waals surface area contributed by atoms with Crippen LogP contribution in [0.4, 0.5) is 9.52 Å². The normalized spacial score (nSPS) is 17.1. The number of benzene rings is 1. The molecule has 1 saturated heterocycles. The second-order valence-corrected chi connectivity index (χ2v) is 7.99. The molecular weight excluding hydrogens is 381 g/mol. The lowest BCUT2D eigenvalue weighted by Gasteiger charge is -2.30. The van der Waals surface area contributed by atoms with Crippen molar-refractivity contribution in [2.75, 3.05) is 18.0 Å². The third-order valence-electron chi connectivity index (χ3n) is 4.81. The van der Waals surface area contributed by atoms with Crippen LogP contribution in [0.15, 0.2) is 35.3 Å². The molecule has 3 aromatic rings. The minimum atomic E-state index is -0.530. The van der Waals surface area contributed by atoms with Crippen molar-refractivity contribution in [3.05, 3.63) is 57.8 Å². The topological polar surface area (TPSA) is 79.6 Å². The number of nitrogens with one attached hydrogen (secondary N) is 1. The third-order valence-corrected chi connectivity index (χ3v) is 5.80. The summed E-state index contributed by atoms with van der Waals surface area (Å²) in [7, 11) is 0. The number of aromatic nitrogens is 3. The highest BCUT2D eigenvalue weighted by molar-refractivity contribution is 7.20. The summed E-state index contributed by atoms with van der Waals surface area (Å²) in [5.41, 5.74) is 0.177. The smallest absolute Gasteiger partial charge is 0.288 e. The van der Waals surface area contributed by atoms with Crippen molar-refractivity contribution >= 4 is 27.3 Å². The van der Waals surface area contributed by atoms with Gasteiger partial charge < -0.3 is 10.2 Å². The molecule has 0 saturated carbocycles. The number of halogens is 1. The third kappa shape index (κ3) is 3.75. The lowest BCUT2D eigenvalue weighted by atomic mass is 10.0. The lowest BCUT2D eigenvalue weighted by Crippen LogP contribution is -2.34. The molecule has 0 radical (unpaired) electrons. The molecule has 1 unspecified atom stereocenters. The van der Waals surface area contributed by atoms with Crippen LogP contribution in [0.5, 0.6) is 0 Å². The van der Waals surface area contributed by atoms with Crippen molar-refractivity contribution in [2.45, 2.75) is 26.3 Å². The first-order chi connectivity index (χ1) is 13.5. The molecule has 1 fully saturated rings. The maximum Gasteiger partial charge on any atom is 0.288 e. The van der Waals surface area contributed by atoms with E-state index in [4.69, 9.17) is 0 Å². The van der Waals surface area contributed by atoms with Gasteiger partial charge in [0.25, 0.3) is 11.5 Å². The van der Waals surface area contributed by atoms with E-state index in [1.807, 2.05) is 0 Å². The molecule has 0 aliphatic carbocycles. The van der Waals surface area contributed by atoms with Crippen molar-refractivity contribution in [1.29, 1.82) is 0 Å². The van der Waals surface area contributed by atoms with Crippen molar-refractivity contribution < 1.29 is 9.18 Å². The van der Waals surface area contributed by atoms with Gasteiger partial charge in [0.1, 0.15) is 11.4 Å². The Balaban J connectivity index is 1.54. The monoisotopic (exact) mass is 401 g/mol. The van der Waals surface area contributed by atoms with Crippen LogP contribution >= 0.6 is 11.3 Å². The van der Waals surface area contributed by atoms with Gasteiger partial charge in [-0.25, -0.2) is 9.37 Å². The molecule has 1 aliphatic rings. The van der Waals surface area contributed by atoms with E-state index in [9.17, 15) is 14.0 Å². The predicted molar refractivity (Wildman–Crippen MR) is 105 cm³/mol. The molecular formula is C19H20FN5O2S. The Bertz CT molecular complexity index is 1060. The van der Waals surface area contributed by atoms with Gasteiger partial charge in [0.15, 0.2) is 0 Å². The fourth-order valence-electron chi connectivity index (χ4n) is 3.30. The number of piperidine rings is 1. The molecule has 2 aromatic heterocycles. The first-order valence-corrected chi connectivity index (χ1v) is 9.99. The van der Waals surface area contributed by atoms with Crippen LogP contribution in [-0.2, 0) is 6.54 Å². The van der Waals surface area contributed by atoms with E-state index in [2.05, 4.69) is 27.2 Å². The minimum absolute atomic E-state index is 0.0662. The SMILES string of the molecule is CC1CCCN(c2nn3c(=O)c(C(=O)NCc4ccc(F)cc4)cnc3s2)C1. The molecule has 9 heteroatoms. The summed E-state index contributed by atoms with van der Waals surface area (Å²) in [5, 5.41) is 7.82. The van der Waals surface area contributed by atoms with Crippen molar-refractivity contribution in [3.63, 3.8) is 0 Å². The van der Waals surface area contributed by atoms with Gasteiger partial charge in [0, 0.05) is 25.8 Å². The summed E-state index contributed by atoms with van der Waals surface area (Å²) in [6.07, 6.45) is 3.58. The van der Waals surface area contributed by atoms with Gasteiger partial charge in [-0.3, -0.25) is 9.59 Å². The number of carbonyl (C=O) groups excluding carboxylic acids is 1. The van der Waals surface area contributed by atoms with Crippen LogP contribution in [-0.4, -0.2) is 33.6 Å². The van der Waals surface area contributed by atoms with Crippen LogP contribution < -0.4 is 15.8 Å². The minimum Gasteiger partial charge on any atom is -0.348 e. The standard InChI is InChI=1S/C19H20FN5O2S/c1-12-3-2-8-24(11-12)19-23-25-17(27)15(10-22-18(25)28-19)16(26)21-9-13-4-6-14(20)7-5-13/h4-7,10,12H,2-3,8-9,11H2,1H3,(H,21,26). The van der Waals surface area contributed by atoms with E-state index in [-0.39, 0.29) is 17.9 Å². The zero-order valence-electron chi connectivity index (χ0n) is 15.4. The van der Waals surface area contributed by atoms with Gasteiger partial charge in [0.2, 0.25) is 10.1 Å². The molecule has 7 nitrogen and oxygen atoms in total. The van der Waals surface area contributed by atoms with Crippen LogP contribution in [0.2, 0.25) is 0 Å². The van der Waals surface area contributed by atoms with Gasteiger partial charge in [-0.1, -0.05) is 30.4 Å². The van der Waals surface area contributed by atoms with Gasteiger partial charge in [-0.2, -0.15) is 4.52 Å². The molecule has 1 atom stereocenters. The van der Waals surface area contributed by atoms with Crippen LogP contribution in [0.1, 0.15) is 35.7 Å². The van der Waals surface area contributed by atoms with E-state index in [0.717, 1.165) is 30.2 Å². The first-order valence-electron chi connectivity index (χ1n) is 9.18. The number of carbonyl (C=O) groups is 1. The summed E-state index contributed by atoms with van der Waals surface area (Å²) < 4.78 is 14.2. The predicted octanol–water partition coefficient (Wildman–Crippen LogP) is 2.46. The fourth-order valence-corrected chi connectivity index (χ4v) is 4.20. The Kier molecular flexibility index (Phi) is 5.08. The summed E-state index contributed by atoms with van der Waals surface area (Å²) in [6.45, 7) is 4.20. The molecule has 28 heavy (non-hydrogen) atoms. The molecule has 146 valence electrons. The number of rotatable bonds is 4. The molecule has 1 N–H and O–H groups in total. The molecule has 0 spiro atoms. The average molecular weight is 401 g/mol. The fraction of sp³-hybridized carbons (Fsp3) is 0.368. The van der Waals surface area contributed by atoms with E-state index in [1.165, 1.54) is 40.6 Å². The van der Waals surface area contributed by atoms with Crippen LogP contribution in [0, 0.1) is 11.7 Å². The Labute approximate surface area is 164 Å². The van der Waals surface area contributed by atoms with Gasteiger partial charge >= 0.3 is 0 Å². The summed E-state index contributed by atoms with van der Waals surface area (Å²) in [5.74, 6) is -0.291. The van der Waals surface area contributed by atoms with E-state index in [1.54, 1.807) is 12.1 Å². The zero-order valence-corrected chi connectivity index (χ0v) is 16.2. The first kappa shape index (κ1) is 18.5. The maximum atomic E-state index is 13.0. The number of fused-ring (bicyclic) bond motifs is 1. The summed E-state index contributed by atoms with van der Waals surface area (Å²) >= 11 is 1.35. The lowest BCUT2D eigenvalue weighted by molar-refractivity contribution is 0.0948. The molecule has 1 amide bonds. The maximum absolute atomic E-state index is 13.0. The molecule has 1 aliphatic heterocycles. The van der Waals surface area contributed by atoms with Gasteiger partial charge in [-0.15, -0.1) is 5.10 Å². The van der Waals surface area contributed by atoms with Gasteiger partial charge in [0.05, 0.1) is 0 Å². The number of nitrogens with zero attached hydrogens (tertiary/aromatic N) is 4. The van der Waals surface area contributed by atoms with Gasteiger partial charge in [-0.05, 0) is 36.5 Å². The van der Waals surface area contributed by atoms with Crippen LogP contribution in [0.3, 0.4) is 0 Å². The Hall–Kier alpha value is -2.81. The summed E-state index contributed by atoms with van der Waals surface area (Å²) in [6, 6.07) is 5.80. The largest absolute Gasteiger partial charge is 0.348 e. The molecule has 3 heterocycles. The Morgan fingerprint density at radius 2 is 2.14 bits per heavy atom. The van der Waals surface area contributed by atoms with E-state index >= 15 is 0 Å². The second kappa shape index (κ2) is 7.67. The van der Waals surface area contributed by atoms with Crippen molar-refractivity contribution in [3.8, 4) is 0 Å². The molecule has 0 bridgehead atoms. The van der Waals surface area contributed by atoms with Crippen molar-refractivity contribution in [1.82, 2.24) is 19.9 Å².